The summed E-state index contributed by atoms with van der Waals surface area (Å²) in [7, 11) is 0. The van der Waals surface area contributed by atoms with Gasteiger partial charge in [0, 0.05) is 18.4 Å². The van der Waals surface area contributed by atoms with E-state index in [0.717, 1.165) is 12.1 Å². The summed E-state index contributed by atoms with van der Waals surface area (Å²) in [5, 5.41) is 12.4. The number of amides is 1. The minimum Gasteiger partial charge on any atom is -0.443 e. The number of nitrogens with zero attached hydrogens (tertiary/aromatic N) is 2. The van der Waals surface area contributed by atoms with Crippen LogP contribution < -0.4 is 5.32 Å². The van der Waals surface area contributed by atoms with Crippen molar-refractivity contribution in [3.63, 3.8) is 0 Å². The van der Waals surface area contributed by atoms with Crippen LogP contribution in [0.1, 0.15) is 40.6 Å². The topological polar surface area (TPSA) is 71.0 Å². The van der Waals surface area contributed by atoms with E-state index in [1.807, 2.05) is 13.0 Å². The molecule has 1 atom stereocenters. The lowest BCUT2D eigenvalue weighted by Crippen LogP contribution is -2.33. The molecule has 0 radical (unpaired) electrons. The van der Waals surface area contributed by atoms with Crippen LogP contribution in [0.15, 0.2) is 47.1 Å². The summed E-state index contributed by atoms with van der Waals surface area (Å²) in [6.45, 7) is 3.45. The Balaban J connectivity index is 1.70. The van der Waals surface area contributed by atoms with Gasteiger partial charge in [0.05, 0.1) is 0 Å². The molecule has 0 bridgehead atoms. The zero-order valence-corrected chi connectivity index (χ0v) is 15.5. The van der Waals surface area contributed by atoms with Crippen molar-refractivity contribution in [2.24, 2.45) is 0 Å². The highest BCUT2D eigenvalue weighted by Crippen LogP contribution is 2.25. The number of hydrogen-bond donors (Lipinski definition) is 1. The molecule has 1 N–H and O–H groups in total. The first kappa shape index (κ1) is 19.4. The van der Waals surface area contributed by atoms with E-state index in [9.17, 15) is 18.8 Å². The number of aryl methyl sites for hydroxylation is 2. The van der Waals surface area contributed by atoms with Crippen molar-refractivity contribution < 1.29 is 18.0 Å². The first-order valence-corrected chi connectivity index (χ1v) is 8.82. The Bertz CT molecular complexity index is 1030. The molecule has 0 aliphatic carbocycles. The van der Waals surface area contributed by atoms with E-state index >= 15 is 0 Å². The maximum Gasteiger partial charge on any atom is 0.256 e. The summed E-state index contributed by atoms with van der Waals surface area (Å²) in [4.78, 5) is 12.7. The summed E-state index contributed by atoms with van der Waals surface area (Å²) < 4.78 is 33.6. The van der Waals surface area contributed by atoms with Crippen molar-refractivity contribution in [2.75, 3.05) is 0 Å². The standard InChI is InChI=1S/C21H19F2N3O2/c1-13(5-6-15-7-8-17(22)18(23)11-15)25-20(27)19-14(2)28-21(16(19)12-24)26-9-3-4-10-26/h3-4,7-11,13H,5-6H2,1-2H3,(H,25,27). The van der Waals surface area contributed by atoms with Gasteiger partial charge in [-0.25, -0.2) is 8.78 Å². The molecule has 0 saturated carbocycles. The van der Waals surface area contributed by atoms with Crippen LogP contribution in [0.25, 0.3) is 5.88 Å². The van der Waals surface area contributed by atoms with Crippen molar-refractivity contribution in [2.45, 2.75) is 32.7 Å². The van der Waals surface area contributed by atoms with Gasteiger partial charge in [0.15, 0.2) is 11.6 Å². The Morgan fingerprint density at radius 3 is 2.64 bits per heavy atom. The van der Waals surface area contributed by atoms with E-state index in [2.05, 4.69) is 5.32 Å². The number of nitrogens with one attached hydrogen (secondary N) is 1. The molecule has 5 nitrogen and oxygen atoms in total. The Hall–Kier alpha value is -3.40. The van der Waals surface area contributed by atoms with Crippen molar-refractivity contribution in [1.82, 2.24) is 9.88 Å². The summed E-state index contributed by atoms with van der Waals surface area (Å²) >= 11 is 0. The van der Waals surface area contributed by atoms with Crippen LogP contribution in [0.2, 0.25) is 0 Å². The van der Waals surface area contributed by atoms with Crippen LogP contribution in [0, 0.1) is 29.9 Å². The number of carbonyl (C=O) groups is 1. The molecule has 2 aromatic heterocycles. The molecule has 1 unspecified atom stereocenters. The van der Waals surface area contributed by atoms with Crippen LogP contribution in [0.3, 0.4) is 0 Å². The molecule has 0 spiro atoms. The predicted molar refractivity (Wildman–Crippen MR) is 99.1 cm³/mol. The van der Waals surface area contributed by atoms with E-state index in [1.54, 1.807) is 36.0 Å². The van der Waals surface area contributed by atoms with E-state index in [-0.39, 0.29) is 17.2 Å². The molecule has 0 saturated heterocycles. The number of hydrogen-bond acceptors (Lipinski definition) is 3. The third-order valence-electron chi connectivity index (χ3n) is 4.47. The van der Waals surface area contributed by atoms with E-state index in [0.29, 0.717) is 30.0 Å². The summed E-state index contributed by atoms with van der Waals surface area (Å²) in [5.74, 6) is -1.54. The van der Waals surface area contributed by atoms with Gasteiger partial charge in [-0.2, -0.15) is 5.26 Å². The normalized spacial score (nSPS) is 11.8. The van der Waals surface area contributed by atoms with E-state index in [1.165, 1.54) is 6.07 Å². The first-order chi connectivity index (χ1) is 13.4. The lowest BCUT2D eigenvalue weighted by atomic mass is 10.0. The second-order valence-electron chi connectivity index (χ2n) is 6.58. The number of nitriles is 1. The van der Waals surface area contributed by atoms with Gasteiger partial charge in [0.2, 0.25) is 5.88 Å². The zero-order chi connectivity index (χ0) is 20.3. The van der Waals surface area contributed by atoms with Crippen molar-refractivity contribution in [1.29, 1.82) is 5.26 Å². The number of furan rings is 1. The van der Waals surface area contributed by atoms with Crippen LogP contribution in [0.4, 0.5) is 8.78 Å². The third kappa shape index (κ3) is 3.96. The van der Waals surface area contributed by atoms with E-state index in [4.69, 9.17) is 4.42 Å². The molecule has 2 heterocycles. The Kier molecular flexibility index (Phi) is 5.59. The number of benzene rings is 1. The second kappa shape index (κ2) is 8.09. The molecule has 28 heavy (non-hydrogen) atoms. The summed E-state index contributed by atoms with van der Waals surface area (Å²) in [5.41, 5.74) is 1.01. The fraction of sp³-hybridized carbons (Fsp3) is 0.238. The van der Waals surface area contributed by atoms with Crippen LogP contribution in [-0.4, -0.2) is 16.5 Å². The molecule has 0 aliphatic rings. The van der Waals surface area contributed by atoms with Crippen molar-refractivity contribution in [3.05, 3.63) is 76.8 Å². The highest BCUT2D eigenvalue weighted by molar-refractivity contribution is 5.98. The van der Waals surface area contributed by atoms with Gasteiger partial charge >= 0.3 is 0 Å². The zero-order valence-electron chi connectivity index (χ0n) is 15.5. The maximum absolute atomic E-state index is 13.3. The van der Waals surface area contributed by atoms with Gasteiger partial charge in [0.1, 0.15) is 23.0 Å². The second-order valence-corrected chi connectivity index (χ2v) is 6.58. The Morgan fingerprint density at radius 1 is 1.29 bits per heavy atom. The molecular formula is C21H19F2N3O2. The molecule has 0 aliphatic heterocycles. The van der Waals surface area contributed by atoms with Gasteiger partial charge < -0.3 is 9.73 Å². The molecule has 144 valence electrons. The molecule has 1 aromatic carbocycles. The molecular weight excluding hydrogens is 364 g/mol. The molecule has 3 aromatic rings. The number of rotatable bonds is 6. The average Bonchev–Trinajstić information content (AvgIpc) is 3.29. The number of aromatic nitrogens is 1. The SMILES string of the molecule is Cc1oc(-n2cccc2)c(C#N)c1C(=O)NC(C)CCc1ccc(F)c(F)c1. The van der Waals surface area contributed by atoms with Gasteiger partial charge in [-0.15, -0.1) is 0 Å². The number of halogens is 2. The summed E-state index contributed by atoms with van der Waals surface area (Å²) in [6.07, 6.45) is 4.46. The Labute approximate surface area is 161 Å². The van der Waals surface area contributed by atoms with Crippen LogP contribution in [-0.2, 0) is 6.42 Å². The minimum atomic E-state index is -0.889. The van der Waals surface area contributed by atoms with Gasteiger partial charge in [-0.3, -0.25) is 9.36 Å². The fourth-order valence-electron chi connectivity index (χ4n) is 3.01. The largest absolute Gasteiger partial charge is 0.443 e. The lowest BCUT2D eigenvalue weighted by Gasteiger charge is -2.14. The predicted octanol–water partition coefficient (Wildman–Crippen LogP) is 4.28. The lowest BCUT2D eigenvalue weighted by molar-refractivity contribution is 0.0936. The fourth-order valence-corrected chi connectivity index (χ4v) is 3.01. The highest BCUT2D eigenvalue weighted by Gasteiger charge is 2.25. The smallest absolute Gasteiger partial charge is 0.256 e. The van der Waals surface area contributed by atoms with Gasteiger partial charge in [-0.05, 0) is 56.5 Å². The summed E-state index contributed by atoms with van der Waals surface area (Å²) in [6, 6.07) is 9.15. The van der Waals surface area contributed by atoms with E-state index < -0.39 is 17.5 Å². The average molecular weight is 383 g/mol. The monoisotopic (exact) mass is 383 g/mol. The molecule has 3 rings (SSSR count). The van der Waals surface area contributed by atoms with Crippen molar-refractivity contribution in [3.8, 4) is 12.0 Å². The third-order valence-corrected chi connectivity index (χ3v) is 4.47. The van der Waals surface area contributed by atoms with Gasteiger partial charge in [0.25, 0.3) is 5.91 Å². The minimum absolute atomic E-state index is 0.166. The molecule has 0 fully saturated rings. The highest BCUT2D eigenvalue weighted by atomic mass is 19.2. The van der Waals surface area contributed by atoms with Crippen LogP contribution in [0.5, 0.6) is 0 Å². The van der Waals surface area contributed by atoms with Gasteiger partial charge in [-0.1, -0.05) is 6.07 Å². The quantitative estimate of drug-likeness (QED) is 0.691. The van der Waals surface area contributed by atoms with Crippen LogP contribution >= 0.6 is 0 Å². The Morgan fingerprint density at radius 2 is 2.00 bits per heavy atom. The maximum atomic E-state index is 13.3. The molecule has 7 heteroatoms. The molecule has 1 amide bonds. The van der Waals surface area contributed by atoms with Crippen molar-refractivity contribution >= 4 is 5.91 Å². The number of carbonyl (C=O) groups excluding carboxylic acids is 1. The first-order valence-electron chi connectivity index (χ1n) is 8.82.